The molecule has 0 saturated carbocycles. The van der Waals surface area contributed by atoms with Crippen molar-refractivity contribution in [1.29, 1.82) is 0 Å². The molecule has 0 aliphatic heterocycles. The Kier molecular flexibility index (Phi) is 3.62. The van der Waals surface area contributed by atoms with Gasteiger partial charge in [0, 0.05) is 17.7 Å². The van der Waals surface area contributed by atoms with E-state index in [1.165, 1.54) is 17.4 Å². The Morgan fingerprint density at radius 3 is 2.76 bits per heavy atom. The van der Waals surface area contributed by atoms with E-state index in [4.69, 9.17) is 0 Å². The maximum Gasteiger partial charge on any atom is 0.253 e. The number of nitrogens with zero attached hydrogens (tertiary/aromatic N) is 2. The lowest BCUT2D eigenvalue weighted by molar-refractivity contribution is -0.425. The minimum Gasteiger partial charge on any atom is -0.259 e. The quantitative estimate of drug-likeness (QED) is 0.615. The Morgan fingerprint density at radius 1 is 1.41 bits per heavy atom. The minimum absolute atomic E-state index is 0.158. The van der Waals surface area contributed by atoms with Gasteiger partial charge >= 0.3 is 0 Å². The SMILES string of the molecule is O=[N+]([O-])/C(=C/c1nccs1)Cc1ccccc1. The van der Waals surface area contributed by atoms with Crippen molar-refractivity contribution < 1.29 is 4.92 Å². The van der Waals surface area contributed by atoms with Crippen LogP contribution in [-0.4, -0.2) is 9.91 Å². The summed E-state index contributed by atoms with van der Waals surface area (Å²) < 4.78 is 0. The van der Waals surface area contributed by atoms with Crippen LogP contribution in [-0.2, 0) is 6.42 Å². The number of nitro groups is 1. The van der Waals surface area contributed by atoms with E-state index in [-0.39, 0.29) is 10.6 Å². The van der Waals surface area contributed by atoms with Crippen LogP contribution < -0.4 is 0 Å². The molecular formula is C12H10N2O2S. The normalized spacial score (nSPS) is 11.4. The summed E-state index contributed by atoms with van der Waals surface area (Å²) in [5, 5.41) is 13.4. The highest BCUT2D eigenvalue weighted by Crippen LogP contribution is 2.14. The fourth-order valence-electron chi connectivity index (χ4n) is 1.42. The number of benzene rings is 1. The second-order valence-electron chi connectivity index (χ2n) is 3.43. The van der Waals surface area contributed by atoms with E-state index in [2.05, 4.69) is 4.98 Å². The molecule has 0 spiro atoms. The van der Waals surface area contributed by atoms with Crippen LogP contribution in [0.15, 0.2) is 47.6 Å². The van der Waals surface area contributed by atoms with Crippen molar-refractivity contribution in [1.82, 2.24) is 4.98 Å². The first kappa shape index (κ1) is 11.5. The molecule has 17 heavy (non-hydrogen) atoms. The number of rotatable bonds is 4. The lowest BCUT2D eigenvalue weighted by atomic mass is 10.1. The zero-order valence-corrected chi connectivity index (χ0v) is 9.76. The Hall–Kier alpha value is -2.01. The first-order valence-electron chi connectivity index (χ1n) is 5.04. The lowest BCUT2D eigenvalue weighted by Gasteiger charge is -1.98. The summed E-state index contributed by atoms with van der Waals surface area (Å²) in [4.78, 5) is 14.6. The van der Waals surface area contributed by atoms with Crippen LogP contribution in [0.25, 0.3) is 6.08 Å². The van der Waals surface area contributed by atoms with Gasteiger partial charge in [0.2, 0.25) is 0 Å². The Bertz CT molecular complexity index is 521. The Balaban J connectivity index is 2.22. The van der Waals surface area contributed by atoms with Gasteiger partial charge in [0.15, 0.2) is 0 Å². The Labute approximate surface area is 102 Å². The summed E-state index contributed by atoms with van der Waals surface area (Å²) in [7, 11) is 0. The molecule has 0 fully saturated rings. The predicted molar refractivity (Wildman–Crippen MR) is 67.2 cm³/mol. The summed E-state index contributed by atoms with van der Waals surface area (Å²) in [6.45, 7) is 0. The highest BCUT2D eigenvalue weighted by atomic mass is 32.1. The highest BCUT2D eigenvalue weighted by molar-refractivity contribution is 7.10. The van der Waals surface area contributed by atoms with Crippen LogP contribution in [0.5, 0.6) is 0 Å². The molecule has 1 aromatic carbocycles. The molecule has 2 aromatic rings. The van der Waals surface area contributed by atoms with Gasteiger partial charge in [-0.2, -0.15) is 0 Å². The number of hydrogen-bond acceptors (Lipinski definition) is 4. The maximum atomic E-state index is 10.9. The van der Waals surface area contributed by atoms with Gasteiger partial charge in [-0.05, 0) is 5.56 Å². The summed E-state index contributed by atoms with van der Waals surface area (Å²) in [6.07, 6.45) is 3.47. The van der Waals surface area contributed by atoms with Crippen LogP contribution in [0.3, 0.4) is 0 Å². The predicted octanol–water partition coefficient (Wildman–Crippen LogP) is 3.00. The zero-order chi connectivity index (χ0) is 12.1. The average molecular weight is 246 g/mol. The van der Waals surface area contributed by atoms with Crippen molar-refractivity contribution in [3.8, 4) is 0 Å². The number of thiazole rings is 1. The molecule has 0 atom stereocenters. The second-order valence-corrected chi connectivity index (χ2v) is 4.35. The fourth-order valence-corrected chi connectivity index (χ4v) is 2.01. The average Bonchev–Trinajstić information content (AvgIpc) is 2.82. The Morgan fingerprint density at radius 2 is 2.18 bits per heavy atom. The summed E-state index contributed by atoms with van der Waals surface area (Å²) in [5.74, 6) is 0. The second kappa shape index (κ2) is 5.36. The molecule has 0 bridgehead atoms. The van der Waals surface area contributed by atoms with Crippen LogP contribution in [0.2, 0.25) is 0 Å². The van der Waals surface area contributed by atoms with Gasteiger partial charge in [0.05, 0.1) is 11.3 Å². The van der Waals surface area contributed by atoms with Gasteiger partial charge in [0.1, 0.15) is 5.01 Å². The van der Waals surface area contributed by atoms with Gasteiger partial charge in [-0.1, -0.05) is 30.3 Å². The van der Waals surface area contributed by atoms with Crippen LogP contribution in [0.4, 0.5) is 0 Å². The standard InChI is InChI=1S/C12H10N2O2S/c15-14(16)11(9-12-13-6-7-17-12)8-10-4-2-1-3-5-10/h1-7,9H,8H2/b11-9+. The number of aromatic nitrogens is 1. The van der Waals surface area contributed by atoms with Gasteiger partial charge in [-0.3, -0.25) is 10.1 Å². The monoisotopic (exact) mass is 246 g/mol. The summed E-state index contributed by atoms with van der Waals surface area (Å²) in [5.41, 5.74) is 1.08. The fraction of sp³-hybridized carbons (Fsp3) is 0.0833. The maximum absolute atomic E-state index is 10.9. The topological polar surface area (TPSA) is 56.0 Å². The molecule has 0 radical (unpaired) electrons. The molecule has 0 saturated heterocycles. The molecule has 0 amide bonds. The van der Waals surface area contributed by atoms with E-state index in [9.17, 15) is 10.1 Å². The van der Waals surface area contributed by atoms with E-state index in [0.717, 1.165) is 5.56 Å². The molecular weight excluding hydrogens is 236 g/mol. The molecule has 1 aromatic heterocycles. The van der Waals surface area contributed by atoms with E-state index in [1.807, 2.05) is 30.3 Å². The molecule has 2 rings (SSSR count). The van der Waals surface area contributed by atoms with Crippen molar-refractivity contribution in [2.75, 3.05) is 0 Å². The third-order valence-electron chi connectivity index (χ3n) is 2.20. The summed E-state index contributed by atoms with van der Waals surface area (Å²) >= 11 is 1.39. The number of hydrogen-bond donors (Lipinski definition) is 0. The zero-order valence-electron chi connectivity index (χ0n) is 8.95. The first-order chi connectivity index (χ1) is 8.25. The van der Waals surface area contributed by atoms with Crippen molar-refractivity contribution >= 4 is 17.4 Å². The smallest absolute Gasteiger partial charge is 0.253 e. The van der Waals surface area contributed by atoms with Crippen LogP contribution >= 0.6 is 11.3 Å². The van der Waals surface area contributed by atoms with Crippen LogP contribution in [0, 0.1) is 10.1 Å². The highest BCUT2D eigenvalue weighted by Gasteiger charge is 2.12. The van der Waals surface area contributed by atoms with Gasteiger partial charge in [0.25, 0.3) is 5.70 Å². The van der Waals surface area contributed by atoms with E-state index in [1.54, 1.807) is 11.6 Å². The third-order valence-corrected chi connectivity index (χ3v) is 2.93. The first-order valence-corrected chi connectivity index (χ1v) is 5.92. The molecule has 4 nitrogen and oxygen atoms in total. The van der Waals surface area contributed by atoms with Gasteiger partial charge in [-0.25, -0.2) is 4.98 Å². The molecule has 86 valence electrons. The molecule has 0 aliphatic carbocycles. The lowest BCUT2D eigenvalue weighted by Crippen LogP contribution is -2.02. The van der Waals surface area contributed by atoms with E-state index in [0.29, 0.717) is 11.4 Å². The van der Waals surface area contributed by atoms with Crippen molar-refractivity contribution in [3.63, 3.8) is 0 Å². The van der Waals surface area contributed by atoms with Crippen molar-refractivity contribution in [2.24, 2.45) is 0 Å². The van der Waals surface area contributed by atoms with Crippen LogP contribution in [0.1, 0.15) is 10.6 Å². The molecule has 1 heterocycles. The summed E-state index contributed by atoms with van der Waals surface area (Å²) in [6, 6.07) is 9.38. The molecule has 0 N–H and O–H groups in total. The third kappa shape index (κ3) is 3.22. The molecule has 0 aliphatic rings. The van der Waals surface area contributed by atoms with E-state index < -0.39 is 0 Å². The van der Waals surface area contributed by atoms with Gasteiger partial charge < -0.3 is 0 Å². The molecule has 0 unspecified atom stereocenters. The largest absolute Gasteiger partial charge is 0.259 e. The van der Waals surface area contributed by atoms with Gasteiger partial charge in [-0.15, -0.1) is 11.3 Å². The van der Waals surface area contributed by atoms with Crippen molar-refractivity contribution in [3.05, 3.63) is 68.3 Å². The van der Waals surface area contributed by atoms with Crippen molar-refractivity contribution in [2.45, 2.75) is 6.42 Å². The minimum atomic E-state index is -0.353. The molecule has 5 heteroatoms. The number of allylic oxidation sites excluding steroid dienone is 1. The van der Waals surface area contributed by atoms with E-state index >= 15 is 0 Å².